The molecule has 0 bridgehead atoms. The molecule has 19 heavy (non-hydrogen) atoms. The number of thiazole rings is 1. The van der Waals surface area contributed by atoms with Crippen LogP contribution in [0, 0.1) is 6.92 Å². The van der Waals surface area contributed by atoms with E-state index in [1.54, 1.807) is 23.3 Å². The van der Waals surface area contributed by atoms with Crippen LogP contribution < -0.4 is 5.32 Å². The Labute approximate surface area is 113 Å². The molecule has 0 spiro atoms. The summed E-state index contributed by atoms with van der Waals surface area (Å²) in [5.74, 6) is 0.546. The van der Waals surface area contributed by atoms with E-state index in [0.29, 0.717) is 11.4 Å². The van der Waals surface area contributed by atoms with Crippen molar-refractivity contribution in [1.29, 1.82) is 0 Å². The Morgan fingerprint density at radius 2 is 2.21 bits per heavy atom. The lowest BCUT2D eigenvalue weighted by Crippen LogP contribution is -2.14. The van der Waals surface area contributed by atoms with Crippen molar-refractivity contribution in [3.05, 3.63) is 41.0 Å². The van der Waals surface area contributed by atoms with Gasteiger partial charge >= 0.3 is 0 Å². The SMILES string of the molecule is Cc1cc(NC(=O)c2ccc3ncsc3c2)n(C)n1. The quantitative estimate of drug-likeness (QED) is 0.780. The predicted molar refractivity (Wildman–Crippen MR) is 75.5 cm³/mol. The highest BCUT2D eigenvalue weighted by molar-refractivity contribution is 7.16. The summed E-state index contributed by atoms with van der Waals surface area (Å²) in [7, 11) is 1.80. The molecule has 1 N–H and O–H groups in total. The minimum Gasteiger partial charge on any atom is -0.307 e. The minimum absolute atomic E-state index is 0.140. The van der Waals surface area contributed by atoms with E-state index in [1.807, 2.05) is 25.1 Å². The molecule has 0 saturated heterocycles. The molecule has 0 radical (unpaired) electrons. The second-order valence-corrected chi connectivity index (χ2v) is 5.17. The third-order valence-corrected chi connectivity index (χ3v) is 3.63. The van der Waals surface area contributed by atoms with Gasteiger partial charge in [0, 0.05) is 18.7 Å². The van der Waals surface area contributed by atoms with Crippen LogP contribution in [-0.4, -0.2) is 20.7 Å². The van der Waals surface area contributed by atoms with Crippen molar-refractivity contribution in [3.8, 4) is 0 Å². The minimum atomic E-state index is -0.140. The van der Waals surface area contributed by atoms with Crippen molar-refractivity contribution in [3.63, 3.8) is 0 Å². The zero-order valence-corrected chi connectivity index (χ0v) is 11.4. The second-order valence-electron chi connectivity index (χ2n) is 4.28. The van der Waals surface area contributed by atoms with Gasteiger partial charge in [0.2, 0.25) is 0 Å². The topological polar surface area (TPSA) is 59.8 Å². The first kappa shape index (κ1) is 11.9. The van der Waals surface area contributed by atoms with Gasteiger partial charge in [0.15, 0.2) is 0 Å². The maximum Gasteiger partial charge on any atom is 0.256 e. The number of aromatic nitrogens is 3. The molecule has 6 heteroatoms. The smallest absolute Gasteiger partial charge is 0.256 e. The number of nitrogens with one attached hydrogen (secondary N) is 1. The fourth-order valence-electron chi connectivity index (χ4n) is 1.91. The van der Waals surface area contributed by atoms with Crippen molar-refractivity contribution >= 4 is 33.3 Å². The molecule has 1 aromatic carbocycles. The molecule has 5 nitrogen and oxygen atoms in total. The van der Waals surface area contributed by atoms with Crippen LogP contribution in [0.3, 0.4) is 0 Å². The molecule has 0 unspecified atom stereocenters. The number of hydrogen-bond donors (Lipinski definition) is 1. The molecule has 3 aromatic rings. The van der Waals surface area contributed by atoms with Crippen molar-refractivity contribution < 1.29 is 4.79 Å². The molecule has 2 aromatic heterocycles. The summed E-state index contributed by atoms with van der Waals surface area (Å²) >= 11 is 1.52. The van der Waals surface area contributed by atoms with Crippen LogP contribution in [0.4, 0.5) is 5.82 Å². The largest absolute Gasteiger partial charge is 0.307 e. The summed E-state index contributed by atoms with van der Waals surface area (Å²) in [4.78, 5) is 16.4. The van der Waals surface area contributed by atoms with Crippen molar-refractivity contribution in [2.45, 2.75) is 6.92 Å². The number of aryl methyl sites for hydroxylation is 2. The fourth-order valence-corrected chi connectivity index (χ4v) is 2.63. The first-order valence-corrected chi connectivity index (χ1v) is 6.67. The van der Waals surface area contributed by atoms with E-state index in [1.165, 1.54) is 11.3 Å². The summed E-state index contributed by atoms with van der Waals surface area (Å²) < 4.78 is 2.66. The van der Waals surface area contributed by atoms with Gasteiger partial charge in [-0.2, -0.15) is 5.10 Å². The highest BCUT2D eigenvalue weighted by Crippen LogP contribution is 2.20. The zero-order valence-electron chi connectivity index (χ0n) is 10.5. The van der Waals surface area contributed by atoms with Gasteiger partial charge in [-0.3, -0.25) is 9.48 Å². The highest BCUT2D eigenvalue weighted by atomic mass is 32.1. The number of hydrogen-bond acceptors (Lipinski definition) is 4. The Hall–Kier alpha value is -2.21. The van der Waals surface area contributed by atoms with Gasteiger partial charge in [-0.25, -0.2) is 4.98 Å². The number of carbonyl (C=O) groups excluding carboxylic acids is 1. The molecule has 0 fully saturated rings. The van der Waals surface area contributed by atoms with Crippen molar-refractivity contribution in [2.75, 3.05) is 5.32 Å². The van der Waals surface area contributed by atoms with Gasteiger partial charge in [0.05, 0.1) is 21.4 Å². The molecule has 0 aliphatic carbocycles. The molecule has 2 heterocycles. The van der Waals surface area contributed by atoms with E-state index < -0.39 is 0 Å². The summed E-state index contributed by atoms with van der Waals surface area (Å²) in [6.45, 7) is 1.89. The average Bonchev–Trinajstić information content (AvgIpc) is 2.95. The third-order valence-electron chi connectivity index (χ3n) is 2.84. The number of amides is 1. The number of fused-ring (bicyclic) bond motifs is 1. The Bertz CT molecular complexity index is 759. The van der Waals surface area contributed by atoms with Crippen LogP contribution >= 0.6 is 11.3 Å². The average molecular weight is 272 g/mol. The van der Waals surface area contributed by atoms with Gasteiger partial charge in [-0.1, -0.05) is 0 Å². The summed E-state index contributed by atoms with van der Waals surface area (Å²) in [6, 6.07) is 7.32. The Morgan fingerprint density at radius 3 is 2.95 bits per heavy atom. The standard InChI is InChI=1S/C13H12N4OS/c1-8-5-12(17(2)16-8)15-13(18)9-3-4-10-11(6-9)19-7-14-10/h3-7H,1-2H3,(H,15,18). The normalized spacial score (nSPS) is 10.8. The molecule has 0 aliphatic rings. The molecule has 0 aliphatic heterocycles. The zero-order chi connectivity index (χ0) is 13.4. The molecule has 0 saturated carbocycles. The van der Waals surface area contributed by atoms with Crippen LogP contribution in [-0.2, 0) is 7.05 Å². The van der Waals surface area contributed by atoms with Crippen LogP contribution in [0.5, 0.6) is 0 Å². The molecular formula is C13H12N4OS. The first-order chi connectivity index (χ1) is 9.13. The van der Waals surface area contributed by atoms with Gasteiger partial charge in [-0.15, -0.1) is 11.3 Å². The van der Waals surface area contributed by atoms with Gasteiger partial charge < -0.3 is 5.32 Å². The van der Waals surface area contributed by atoms with Gasteiger partial charge in [0.1, 0.15) is 5.82 Å². The van der Waals surface area contributed by atoms with E-state index in [4.69, 9.17) is 0 Å². The van der Waals surface area contributed by atoms with E-state index in [9.17, 15) is 4.79 Å². The molecule has 3 rings (SSSR count). The second kappa shape index (κ2) is 4.47. The van der Waals surface area contributed by atoms with Gasteiger partial charge in [-0.05, 0) is 25.1 Å². The summed E-state index contributed by atoms with van der Waals surface area (Å²) in [5.41, 5.74) is 4.18. The van der Waals surface area contributed by atoms with Crippen LogP contribution in [0.1, 0.15) is 16.1 Å². The van der Waals surface area contributed by atoms with Gasteiger partial charge in [0.25, 0.3) is 5.91 Å². The molecule has 96 valence electrons. The fraction of sp³-hybridized carbons (Fsp3) is 0.154. The number of rotatable bonds is 2. The maximum atomic E-state index is 12.2. The van der Waals surface area contributed by atoms with Crippen molar-refractivity contribution in [2.24, 2.45) is 7.05 Å². The van der Waals surface area contributed by atoms with Crippen LogP contribution in [0.25, 0.3) is 10.2 Å². The molecule has 1 amide bonds. The first-order valence-electron chi connectivity index (χ1n) is 5.79. The Morgan fingerprint density at radius 1 is 1.37 bits per heavy atom. The monoisotopic (exact) mass is 272 g/mol. The lowest BCUT2D eigenvalue weighted by Gasteiger charge is -2.05. The summed E-state index contributed by atoms with van der Waals surface area (Å²) in [6.07, 6.45) is 0. The predicted octanol–water partition coefficient (Wildman–Crippen LogP) is 2.59. The van der Waals surface area contributed by atoms with E-state index in [2.05, 4.69) is 15.4 Å². The number of nitrogens with zero attached hydrogens (tertiary/aromatic N) is 3. The molecule has 0 atom stereocenters. The lowest BCUT2D eigenvalue weighted by molar-refractivity contribution is 0.102. The Kier molecular flexibility index (Phi) is 2.79. The van der Waals surface area contributed by atoms with E-state index in [-0.39, 0.29) is 5.91 Å². The Balaban J connectivity index is 1.89. The molecular weight excluding hydrogens is 260 g/mol. The van der Waals surface area contributed by atoms with Crippen LogP contribution in [0.2, 0.25) is 0 Å². The third kappa shape index (κ3) is 2.22. The lowest BCUT2D eigenvalue weighted by atomic mass is 10.2. The highest BCUT2D eigenvalue weighted by Gasteiger charge is 2.10. The number of anilines is 1. The number of benzene rings is 1. The maximum absolute atomic E-state index is 12.2. The van der Waals surface area contributed by atoms with Crippen LogP contribution in [0.15, 0.2) is 29.8 Å². The van der Waals surface area contributed by atoms with E-state index in [0.717, 1.165) is 15.9 Å². The number of carbonyl (C=O) groups is 1. The summed E-state index contributed by atoms with van der Waals surface area (Å²) in [5, 5.41) is 7.04. The van der Waals surface area contributed by atoms with Crippen molar-refractivity contribution in [1.82, 2.24) is 14.8 Å². The van der Waals surface area contributed by atoms with E-state index >= 15 is 0 Å².